The van der Waals surface area contributed by atoms with Crippen LogP contribution in [0.4, 0.5) is 0 Å². The third kappa shape index (κ3) is 5.24. The van der Waals surface area contributed by atoms with Crippen LogP contribution >= 0.6 is 11.8 Å². The first-order chi connectivity index (χ1) is 14.8. The summed E-state index contributed by atoms with van der Waals surface area (Å²) in [6, 6.07) is 7.84. The Kier molecular flexibility index (Phi) is 7.31. The third-order valence-corrected chi connectivity index (χ3v) is 6.07. The lowest BCUT2D eigenvalue weighted by atomic mass is 10.0. The van der Waals surface area contributed by atoms with E-state index in [1.165, 1.54) is 18.7 Å². The number of ether oxygens (including phenoxy) is 1. The summed E-state index contributed by atoms with van der Waals surface area (Å²) >= 11 is 1.30. The Labute approximate surface area is 182 Å². The first-order valence-corrected chi connectivity index (χ1v) is 10.6. The second-order valence-corrected chi connectivity index (χ2v) is 8.15. The van der Waals surface area contributed by atoms with Crippen LogP contribution in [0.25, 0.3) is 0 Å². The number of carbonyl (C=O) groups is 4. The van der Waals surface area contributed by atoms with Gasteiger partial charge in [0.2, 0.25) is 5.91 Å². The van der Waals surface area contributed by atoms with Crippen molar-refractivity contribution in [3.63, 3.8) is 0 Å². The summed E-state index contributed by atoms with van der Waals surface area (Å²) in [4.78, 5) is 54.2. The van der Waals surface area contributed by atoms with Crippen molar-refractivity contribution in [3.05, 3.63) is 47.2 Å². The lowest BCUT2D eigenvalue weighted by molar-refractivity contribution is -0.151. The van der Waals surface area contributed by atoms with E-state index in [9.17, 15) is 24.3 Å². The van der Waals surface area contributed by atoms with Crippen LogP contribution < -0.4 is 10.8 Å². The van der Waals surface area contributed by atoms with Gasteiger partial charge in [0.15, 0.2) is 0 Å². The van der Waals surface area contributed by atoms with E-state index < -0.39 is 41.2 Å². The summed E-state index contributed by atoms with van der Waals surface area (Å²) in [5.74, 6) is -2.53. The first kappa shape index (κ1) is 22.8. The van der Waals surface area contributed by atoms with Gasteiger partial charge in [-0.1, -0.05) is 30.3 Å². The van der Waals surface area contributed by atoms with Gasteiger partial charge in [-0.05, 0) is 12.5 Å². The summed E-state index contributed by atoms with van der Waals surface area (Å²) in [6.07, 6.45) is 0. The summed E-state index contributed by atoms with van der Waals surface area (Å²) in [5, 5.41) is 11.6. The molecule has 2 amide bonds. The number of amides is 2. The Morgan fingerprint density at radius 2 is 1.97 bits per heavy atom. The van der Waals surface area contributed by atoms with Gasteiger partial charge >= 0.3 is 11.9 Å². The number of carboxylic acid groups (broad SMARTS) is 1. The van der Waals surface area contributed by atoms with Gasteiger partial charge in [-0.25, -0.2) is 4.79 Å². The van der Waals surface area contributed by atoms with Crippen molar-refractivity contribution in [2.24, 2.45) is 0 Å². The molecule has 0 aromatic heterocycles. The topological polar surface area (TPSA) is 134 Å². The maximum absolute atomic E-state index is 12.6. The Morgan fingerprint density at radius 3 is 2.61 bits per heavy atom. The number of thioether (sulfide) groups is 1. The number of nitrogens with zero attached hydrogens (tertiary/aromatic N) is 1. The van der Waals surface area contributed by atoms with Crippen molar-refractivity contribution < 1.29 is 33.9 Å². The number of hydrogen-bond donors (Lipinski definition) is 3. The molecule has 1 fully saturated rings. The molecular weight excluding hydrogens is 426 g/mol. The van der Waals surface area contributed by atoms with E-state index in [0.29, 0.717) is 5.57 Å². The molecule has 2 aliphatic rings. The predicted molar refractivity (Wildman–Crippen MR) is 110 cm³/mol. The van der Waals surface area contributed by atoms with Gasteiger partial charge in [0, 0.05) is 18.2 Å². The van der Waals surface area contributed by atoms with Crippen LogP contribution in [0.5, 0.6) is 0 Å². The molecule has 0 spiro atoms. The molecule has 1 unspecified atom stereocenters. The first-order valence-electron chi connectivity index (χ1n) is 9.54. The van der Waals surface area contributed by atoms with E-state index in [1.54, 1.807) is 6.92 Å². The van der Waals surface area contributed by atoms with Crippen molar-refractivity contribution in [1.82, 2.24) is 15.7 Å². The minimum Gasteiger partial charge on any atom is -0.477 e. The highest BCUT2D eigenvalue weighted by atomic mass is 32.2. The fourth-order valence-corrected chi connectivity index (χ4v) is 4.47. The van der Waals surface area contributed by atoms with Crippen LogP contribution in [-0.2, 0) is 35.4 Å². The number of aliphatic carboxylic acids is 1. The van der Waals surface area contributed by atoms with Crippen molar-refractivity contribution in [2.75, 3.05) is 12.4 Å². The SMILES string of the molecule is CC(=O)OCC1=C(C(=O)O)N2C(=O)[C@@H](NC(=O)C(C)NOCc3ccccc3)[C@H]2SC1. The van der Waals surface area contributed by atoms with Crippen LogP contribution in [0.15, 0.2) is 41.6 Å². The van der Waals surface area contributed by atoms with Gasteiger partial charge < -0.3 is 15.2 Å². The van der Waals surface area contributed by atoms with Gasteiger partial charge in [0.1, 0.15) is 29.8 Å². The van der Waals surface area contributed by atoms with E-state index in [2.05, 4.69) is 10.8 Å². The molecule has 0 bridgehead atoms. The molecule has 3 N–H and O–H groups in total. The van der Waals surface area contributed by atoms with E-state index in [1.807, 2.05) is 30.3 Å². The fraction of sp³-hybridized carbons (Fsp3) is 0.400. The zero-order valence-electron chi connectivity index (χ0n) is 17.0. The monoisotopic (exact) mass is 449 g/mol. The second kappa shape index (κ2) is 9.94. The normalized spacial score (nSPS) is 21.1. The number of carbonyl (C=O) groups excluding carboxylic acids is 3. The number of hydrogen-bond acceptors (Lipinski definition) is 8. The average Bonchev–Trinajstić information content (AvgIpc) is 2.75. The Balaban J connectivity index is 1.55. The smallest absolute Gasteiger partial charge is 0.352 e. The van der Waals surface area contributed by atoms with Crippen LogP contribution in [0, 0.1) is 0 Å². The van der Waals surface area contributed by atoms with Gasteiger partial charge in [0.05, 0.1) is 6.61 Å². The van der Waals surface area contributed by atoms with Crippen molar-refractivity contribution >= 4 is 35.5 Å². The maximum Gasteiger partial charge on any atom is 0.352 e. The number of carboxylic acids is 1. The zero-order valence-corrected chi connectivity index (χ0v) is 17.8. The lowest BCUT2D eigenvalue weighted by Gasteiger charge is -2.49. The molecule has 0 aliphatic carbocycles. The standard InChI is InChI=1S/C20H23N3O7S/c1-11(22-30-8-13-6-4-3-5-7-13)17(25)21-15-18(26)23-16(20(27)28)14(9-29-12(2)24)10-31-19(15)23/h3-7,11,15,19,22H,8-10H2,1-2H3,(H,21,25)(H,27,28)/t11?,15-,19-/m1/s1. The molecule has 0 saturated carbocycles. The van der Waals surface area contributed by atoms with Crippen LogP contribution in [0.1, 0.15) is 19.4 Å². The summed E-state index contributed by atoms with van der Waals surface area (Å²) < 4.78 is 4.89. The van der Waals surface area contributed by atoms with E-state index >= 15 is 0 Å². The summed E-state index contributed by atoms with van der Waals surface area (Å²) in [5.41, 5.74) is 3.71. The van der Waals surface area contributed by atoms with Crippen LogP contribution in [-0.4, -0.2) is 63.6 Å². The third-order valence-electron chi connectivity index (χ3n) is 4.73. The van der Waals surface area contributed by atoms with Crippen molar-refractivity contribution in [1.29, 1.82) is 0 Å². The quantitative estimate of drug-likeness (QED) is 0.278. The fourth-order valence-electron chi connectivity index (χ4n) is 3.14. The van der Waals surface area contributed by atoms with Crippen LogP contribution in [0.2, 0.25) is 0 Å². The van der Waals surface area contributed by atoms with Crippen molar-refractivity contribution in [3.8, 4) is 0 Å². The second-order valence-electron chi connectivity index (χ2n) is 7.05. The molecule has 1 aromatic carbocycles. The number of hydroxylamine groups is 1. The highest BCUT2D eigenvalue weighted by Crippen LogP contribution is 2.40. The molecule has 0 radical (unpaired) electrons. The maximum atomic E-state index is 12.6. The molecule has 2 heterocycles. The van der Waals surface area contributed by atoms with Crippen molar-refractivity contribution in [2.45, 2.75) is 37.9 Å². The Bertz CT molecular complexity index is 905. The zero-order chi connectivity index (χ0) is 22.5. The minimum absolute atomic E-state index is 0.196. The molecule has 1 aromatic rings. The Morgan fingerprint density at radius 1 is 1.26 bits per heavy atom. The number of esters is 1. The molecule has 1 saturated heterocycles. The number of benzene rings is 1. The largest absolute Gasteiger partial charge is 0.477 e. The Hall–Kier alpha value is -2.89. The van der Waals surface area contributed by atoms with Gasteiger partial charge in [0.25, 0.3) is 5.91 Å². The molecule has 2 aliphatic heterocycles. The number of nitrogens with one attached hydrogen (secondary N) is 2. The number of rotatable bonds is 9. The molecule has 10 nitrogen and oxygen atoms in total. The average molecular weight is 449 g/mol. The van der Waals surface area contributed by atoms with E-state index in [4.69, 9.17) is 9.57 Å². The highest BCUT2D eigenvalue weighted by Gasteiger charge is 2.54. The number of β-lactam (4-membered cyclic amide) rings is 1. The molecule has 31 heavy (non-hydrogen) atoms. The molecule has 3 rings (SSSR count). The summed E-state index contributed by atoms with van der Waals surface area (Å²) in [6.45, 7) is 2.88. The molecular formula is C20H23N3O7S. The molecule has 11 heteroatoms. The highest BCUT2D eigenvalue weighted by molar-refractivity contribution is 8.00. The number of fused-ring (bicyclic) bond motifs is 1. The van der Waals surface area contributed by atoms with E-state index in [0.717, 1.165) is 10.5 Å². The van der Waals surface area contributed by atoms with Crippen LogP contribution in [0.3, 0.4) is 0 Å². The minimum atomic E-state index is -1.28. The van der Waals surface area contributed by atoms with Gasteiger partial charge in [-0.15, -0.1) is 11.8 Å². The predicted octanol–water partition coefficient (Wildman–Crippen LogP) is 0.398. The molecule has 166 valence electrons. The van der Waals surface area contributed by atoms with Gasteiger partial charge in [-0.2, -0.15) is 5.48 Å². The van der Waals surface area contributed by atoms with Gasteiger partial charge in [-0.3, -0.25) is 24.1 Å². The van der Waals surface area contributed by atoms with E-state index in [-0.39, 0.29) is 24.7 Å². The lowest BCUT2D eigenvalue weighted by Crippen LogP contribution is -2.71. The molecule has 3 atom stereocenters. The summed E-state index contributed by atoms with van der Waals surface area (Å²) in [7, 11) is 0.